The van der Waals surface area contributed by atoms with E-state index in [1.54, 1.807) is 42.5 Å². The normalized spacial score (nSPS) is 11.0. The molecule has 3 rings (SSSR count). The van der Waals surface area contributed by atoms with Gasteiger partial charge in [-0.15, -0.1) is 0 Å². The van der Waals surface area contributed by atoms with Crippen LogP contribution in [-0.2, 0) is 21.2 Å². The summed E-state index contributed by atoms with van der Waals surface area (Å²) in [7, 11) is -2.31. The Morgan fingerprint density at radius 2 is 1.42 bits per heavy atom. The van der Waals surface area contributed by atoms with Crippen LogP contribution in [0.4, 0.5) is 5.69 Å². The van der Waals surface area contributed by atoms with Gasteiger partial charge in [0.15, 0.2) is 12.4 Å². The second kappa shape index (κ2) is 9.57. The van der Waals surface area contributed by atoms with Gasteiger partial charge in [0, 0.05) is 12.6 Å². The number of anilines is 1. The SMILES string of the molecule is CCc1ccc(C(=O)COC(=O)c2ccc(S(=O)(=O)N(C)c3ccccc3)cc2)cc1. The zero-order valence-corrected chi connectivity index (χ0v) is 18.1. The minimum atomic E-state index is -3.77. The average molecular weight is 438 g/mol. The third-order valence-electron chi connectivity index (χ3n) is 4.89. The van der Waals surface area contributed by atoms with E-state index in [4.69, 9.17) is 4.74 Å². The minimum Gasteiger partial charge on any atom is -0.454 e. The number of Topliss-reactive ketones (excluding diaryl/α,β-unsaturated/α-hetero) is 1. The van der Waals surface area contributed by atoms with E-state index in [9.17, 15) is 18.0 Å². The van der Waals surface area contributed by atoms with Gasteiger partial charge >= 0.3 is 5.97 Å². The molecule has 0 heterocycles. The van der Waals surface area contributed by atoms with Gasteiger partial charge in [0.2, 0.25) is 0 Å². The van der Waals surface area contributed by atoms with Gasteiger partial charge in [0.25, 0.3) is 10.0 Å². The molecule has 0 aliphatic carbocycles. The number of aryl methyl sites for hydroxylation is 1. The molecule has 0 N–H and O–H groups in total. The van der Waals surface area contributed by atoms with Crippen LogP contribution >= 0.6 is 0 Å². The Labute approximate surface area is 182 Å². The molecule has 3 aromatic carbocycles. The highest BCUT2D eigenvalue weighted by molar-refractivity contribution is 7.92. The highest BCUT2D eigenvalue weighted by Crippen LogP contribution is 2.22. The molecule has 0 bridgehead atoms. The number of carbonyl (C=O) groups is 2. The van der Waals surface area contributed by atoms with Crippen molar-refractivity contribution in [1.82, 2.24) is 0 Å². The molecular weight excluding hydrogens is 414 g/mol. The summed E-state index contributed by atoms with van der Waals surface area (Å²) < 4.78 is 31.9. The number of nitrogens with zero attached hydrogens (tertiary/aromatic N) is 1. The van der Waals surface area contributed by atoms with Gasteiger partial charge in [-0.25, -0.2) is 13.2 Å². The quantitative estimate of drug-likeness (QED) is 0.391. The molecule has 0 unspecified atom stereocenters. The lowest BCUT2D eigenvalue weighted by molar-refractivity contribution is 0.0474. The number of ether oxygens (including phenoxy) is 1. The first-order valence-electron chi connectivity index (χ1n) is 9.76. The molecule has 0 amide bonds. The number of ketones is 1. The fraction of sp³-hybridized carbons (Fsp3) is 0.167. The van der Waals surface area contributed by atoms with E-state index in [-0.39, 0.29) is 22.8 Å². The first kappa shape index (κ1) is 22.2. The number of hydrogen-bond donors (Lipinski definition) is 0. The largest absolute Gasteiger partial charge is 0.454 e. The fourth-order valence-electron chi connectivity index (χ4n) is 2.92. The number of para-hydroxylation sites is 1. The van der Waals surface area contributed by atoms with Crippen molar-refractivity contribution < 1.29 is 22.7 Å². The molecule has 160 valence electrons. The van der Waals surface area contributed by atoms with Crippen molar-refractivity contribution in [2.75, 3.05) is 18.0 Å². The molecule has 3 aromatic rings. The fourth-order valence-corrected chi connectivity index (χ4v) is 4.12. The summed E-state index contributed by atoms with van der Waals surface area (Å²) in [5, 5.41) is 0. The number of hydrogen-bond acceptors (Lipinski definition) is 5. The molecular formula is C24H23NO5S. The maximum Gasteiger partial charge on any atom is 0.338 e. The number of esters is 1. The smallest absolute Gasteiger partial charge is 0.338 e. The van der Waals surface area contributed by atoms with Crippen LogP contribution in [0.2, 0.25) is 0 Å². The summed E-state index contributed by atoms with van der Waals surface area (Å²) in [5.74, 6) is -1.00. The lowest BCUT2D eigenvalue weighted by Crippen LogP contribution is -2.26. The Morgan fingerprint density at radius 1 is 0.839 bits per heavy atom. The molecule has 0 aromatic heterocycles. The standard InChI is InChI=1S/C24H23NO5S/c1-3-18-9-11-19(12-10-18)23(26)17-30-24(27)20-13-15-22(16-14-20)31(28,29)25(2)21-7-5-4-6-8-21/h4-16H,3,17H2,1-2H3. The number of sulfonamides is 1. The van der Waals surface area contributed by atoms with Gasteiger partial charge < -0.3 is 4.74 Å². The van der Waals surface area contributed by atoms with E-state index in [2.05, 4.69) is 0 Å². The number of carbonyl (C=O) groups excluding carboxylic acids is 2. The first-order chi connectivity index (χ1) is 14.8. The predicted molar refractivity (Wildman–Crippen MR) is 119 cm³/mol. The minimum absolute atomic E-state index is 0.0440. The van der Waals surface area contributed by atoms with Gasteiger partial charge in [0.05, 0.1) is 16.1 Å². The zero-order valence-electron chi connectivity index (χ0n) is 17.3. The summed E-state index contributed by atoms with van der Waals surface area (Å²) in [6, 6.07) is 21.2. The third-order valence-corrected chi connectivity index (χ3v) is 6.69. The van der Waals surface area contributed by atoms with Gasteiger partial charge in [-0.2, -0.15) is 0 Å². The molecule has 7 heteroatoms. The molecule has 6 nitrogen and oxygen atoms in total. The first-order valence-corrected chi connectivity index (χ1v) is 11.2. The highest BCUT2D eigenvalue weighted by Gasteiger charge is 2.22. The van der Waals surface area contributed by atoms with Crippen LogP contribution in [0.1, 0.15) is 33.2 Å². The van der Waals surface area contributed by atoms with Crippen LogP contribution < -0.4 is 4.31 Å². The van der Waals surface area contributed by atoms with Crippen LogP contribution in [-0.4, -0.2) is 33.8 Å². The van der Waals surface area contributed by atoms with Crippen molar-refractivity contribution in [2.24, 2.45) is 0 Å². The van der Waals surface area contributed by atoms with Crippen molar-refractivity contribution in [3.8, 4) is 0 Å². The molecule has 0 fully saturated rings. The maximum absolute atomic E-state index is 12.8. The molecule has 0 spiro atoms. The van der Waals surface area contributed by atoms with E-state index in [0.29, 0.717) is 11.3 Å². The van der Waals surface area contributed by atoms with Crippen molar-refractivity contribution in [3.05, 3.63) is 95.6 Å². The summed E-state index contributed by atoms with van der Waals surface area (Å²) in [4.78, 5) is 24.5. The van der Waals surface area contributed by atoms with Crippen LogP contribution in [0.5, 0.6) is 0 Å². The summed E-state index contributed by atoms with van der Waals surface area (Å²) in [6.45, 7) is 1.63. The molecule has 31 heavy (non-hydrogen) atoms. The van der Waals surface area contributed by atoms with Crippen molar-refractivity contribution in [1.29, 1.82) is 0 Å². The van der Waals surface area contributed by atoms with E-state index in [1.165, 1.54) is 35.6 Å². The van der Waals surface area contributed by atoms with Crippen molar-refractivity contribution in [3.63, 3.8) is 0 Å². The molecule has 0 radical (unpaired) electrons. The lowest BCUT2D eigenvalue weighted by atomic mass is 10.1. The van der Waals surface area contributed by atoms with Crippen LogP contribution in [0.3, 0.4) is 0 Å². The molecule has 0 atom stereocenters. The Morgan fingerprint density at radius 3 is 2.00 bits per heavy atom. The maximum atomic E-state index is 12.8. The average Bonchev–Trinajstić information content (AvgIpc) is 2.82. The number of rotatable bonds is 8. The summed E-state index contributed by atoms with van der Waals surface area (Å²) in [5.41, 5.74) is 2.27. The Hall–Kier alpha value is -3.45. The predicted octanol–water partition coefficient (Wildman–Crippen LogP) is 4.11. The zero-order chi connectivity index (χ0) is 22.4. The van der Waals surface area contributed by atoms with Gasteiger partial charge in [-0.05, 0) is 48.4 Å². The van der Waals surface area contributed by atoms with Gasteiger partial charge in [-0.3, -0.25) is 9.10 Å². The van der Waals surface area contributed by atoms with E-state index < -0.39 is 16.0 Å². The third kappa shape index (κ3) is 5.19. The molecule has 0 saturated carbocycles. The molecule has 0 aliphatic rings. The molecule has 0 saturated heterocycles. The van der Waals surface area contributed by atoms with Crippen LogP contribution in [0.15, 0.2) is 83.8 Å². The van der Waals surface area contributed by atoms with Crippen molar-refractivity contribution >= 4 is 27.5 Å². The summed E-state index contributed by atoms with van der Waals surface area (Å²) >= 11 is 0. The van der Waals surface area contributed by atoms with E-state index in [1.807, 2.05) is 19.1 Å². The highest BCUT2D eigenvalue weighted by atomic mass is 32.2. The molecule has 0 aliphatic heterocycles. The second-order valence-electron chi connectivity index (χ2n) is 6.88. The van der Waals surface area contributed by atoms with Crippen LogP contribution in [0, 0.1) is 0 Å². The Bertz CT molecular complexity index is 1150. The topological polar surface area (TPSA) is 80.8 Å². The van der Waals surface area contributed by atoms with Crippen LogP contribution in [0.25, 0.3) is 0 Å². The van der Waals surface area contributed by atoms with Gasteiger partial charge in [0.1, 0.15) is 0 Å². The van der Waals surface area contributed by atoms with Gasteiger partial charge in [-0.1, -0.05) is 49.4 Å². The summed E-state index contributed by atoms with van der Waals surface area (Å²) in [6.07, 6.45) is 0.871. The number of benzene rings is 3. The Balaban J connectivity index is 1.65. The lowest BCUT2D eigenvalue weighted by Gasteiger charge is -2.19. The van der Waals surface area contributed by atoms with E-state index >= 15 is 0 Å². The second-order valence-corrected chi connectivity index (χ2v) is 8.85. The monoisotopic (exact) mass is 437 g/mol. The van der Waals surface area contributed by atoms with Crippen molar-refractivity contribution in [2.45, 2.75) is 18.2 Å². The Kier molecular flexibility index (Phi) is 6.87. The van der Waals surface area contributed by atoms with E-state index in [0.717, 1.165) is 12.0 Å².